The summed E-state index contributed by atoms with van der Waals surface area (Å²) in [6.45, 7) is 1.32. The van der Waals surface area contributed by atoms with Gasteiger partial charge in [0.15, 0.2) is 17.7 Å². The number of carbonyl (C=O) groups excluding carboxylic acids is 2. The Morgan fingerprint density at radius 3 is 2.74 bits per heavy atom. The van der Waals surface area contributed by atoms with Gasteiger partial charge in [-0.25, -0.2) is 14.1 Å². The van der Waals surface area contributed by atoms with Crippen LogP contribution in [0.25, 0.3) is 17.1 Å². The van der Waals surface area contributed by atoms with Crippen molar-refractivity contribution in [3.8, 4) is 22.8 Å². The molecule has 170 valence electrons. The Morgan fingerprint density at radius 1 is 1.12 bits per heavy atom. The number of fused-ring (bicyclic) bond motifs is 1. The van der Waals surface area contributed by atoms with Gasteiger partial charge in [-0.15, -0.1) is 0 Å². The molecule has 10 heteroatoms. The Bertz CT molecular complexity index is 1360. The molecule has 1 atom stereocenters. The predicted octanol–water partition coefficient (Wildman–Crippen LogP) is 3.22. The number of nitrogens with zero attached hydrogens (tertiary/aromatic N) is 5. The minimum Gasteiger partial charge on any atom is -0.481 e. The van der Waals surface area contributed by atoms with Gasteiger partial charge in [0.1, 0.15) is 18.0 Å². The third kappa shape index (κ3) is 4.08. The third-order valence-corrected chi connectivity index (χ3v) is 5.23. The average molecular weight is 458 g/mol. The van der Waals surface area contributed by atoms with Gasteiger partial charge >= 0.3 is 0 Å². The fourth-order valence-corrected chi connectivity index (χ4v) is 3.63. The number of nitrogens with one attached hydrogen (secondary N) is 1. The number of benzene rings is 1. The van der Waals surface area contributed by atoms with Crippen molar-refractivity contribution in [1.29, 1.82) is 0 Å². The molecule has 0 spiro atoms. The van der Waals surface area contributed by atoms with Crippen LogP contribution in [0.2, 0.25) is 0 Å². The van der Waals surface area contributed by atoms with E-state index < -0.39 is 17.8 Å². The summed E-state index contributed by atoms with van der Waals surface area (Å²) in [5, 5.41) is 6.74. The maximum absolute atomic E-state index is 14.6. The van der Waals surface area contributed by atoms with Gasteiger partial charge in [-0.1, -0.05) is 6.07 Å². The zero-order chi connectivity index (χ0) is 23.7. The molecule has 0 saturated heterocycles. The Morgan fingerprint density at radius 2 is 2.00 bits per heavy atom. The zero-order valence-corrected chi connectivity index (χ0v) is 18.1. The number of pyridine rings is 2. The quantitative estimate of drug-likeness (QED) is 0.493. The molecule has 1 aliphatic rings. The number of amides is 2. The van der Waals surface area contributed by atoms with Crippen molar-refractivity contribution >= 4 is 23.3 Å². The lowest BCUT2D eigenvalue weighted by molar-refractivity contribution is -0.126. The van der Waals surface area contributed by atoms with Gasteiger partial charge in [0.2, 0.25) is 5.91 Å². The van der Waals surface area contributed by atoms with Crippen LogP contribution < -0.4 is 15.0 Å². The normalized spacial score (nSPS) is 13.7. The first kappa shape index (κ1) is 21.3. The number of anilines is 2. The third-order valence-electron chi connectivity index (χ3n) is 5.23. The molecule has 0 bridgehead atoms. The van der Waals surface area contributed by atoms with Crippen LogP contribution in [0.4, 0.5) is 15.9 Å². The van der Waals surface area contributed by atoms with Gasteiger partial charge in [0, 0.05) is 24.7 Å². The van der Waals surface area contributed by atoms with Crippen LogP contribution in [-0.2, 0) is 9.59 Å². The van der Waals surface area contributed by atoms with Gasteiger partial charge in [0.05, 0.1) is 17.1 Å². The average Bonchev–Trinajstić information content (AvgIpc) is 3.38. The van der Waals surface area contributed by atoms with E-state index >= 15 is 0 Å². The van der Waals surface area contributed by atoms with Crippen LogP contribution in [0.15, 0.2) is 73.2 Å². The van der Waals surface area contributed by atoms with E-state index in [-0.39, 0.29) is 23.9 Å². The van der Waals surface area contributed by atoms with E-state index in [1.807, 2.05) is 6.07 Å². The van der Waals surface area contributed by atoms with E-state index in [4.69, 9.17) is 4.74 Å². The van der Waals surface area contributed by atoms with Gasteiger partial charge < -0.3 is 10.1 Å². The maximum atomic E-state index is 14.6. The molecule has 5 rings (SSSR count). The van der Waals surface area contributed by atoms with Crippen molar-refractivity contribution in [2.24, 2.45) is 0 Å². The van der Waals surface area contributed by atoms with E-state index in [0.29, 0.717) is 22.9 Å². The molecule has 1 N–H and O–H groups in total. The summed E-state index contributed by atoms with van der Waals surface area (Å²) in [5.41, 5.74) is 1.85. The number of hydrogen-bond donors (Lipinski definition) is 1. The molecule has 0 fully saturated rings. The number of rotatable bonds is 5. The molecular weight excluding hydrogens is 439 g/mol. The molecule has 1 unspecified atom stereocenters. The molecule has 0 radical (unpaired) electrons. The molecule has 34 heavy (non-hydrogen) atoms. The minimum absolute atomic E-state index is 0.172. The Kier molecular flexibility index (Phi) is 5.46. The molecular formula is C24H19FN6O3. The molecule has 1 aromatic carbocycles. The van der Waals surface area contributed by atoms with Crippen LogP contribution in [0.3, 0.4) is 0 Å². The fraction of sp³-hybridized carbons (Fsp3) is 0.125. The van der Waals surface area contributed by atoms with E-state index in [2.05, 4.69) is 20.4 Å². The van der Waals surface area contributed by atoms with Crippen LogP contribution >= 0.6 is 0 Å². The Labute approximate surface area is 193 Å². The van der Waals surface area contributed by atoms with Crippen molar-refractivity contribution in [3.63, 3.8) is 0 Å². The summed E-state index contributed by atoms with van der Waals surface area (Å²) in [6, 6.07) is 14.8. The topological polar surface area (TPSA) is 102 Å². The standard InChI is InChI=1S/C24H19FN6O3/c1-15(34-16-6-9-21(17(25)13-16)31-12-4-11-27-31)24(33)30-14-22(32)28-20-8-7-19(29-23(20)30)18-5-2-3-10-26-18/h2-13,15H,14H2,1H3,(H,28,32). The molecule has 0 aliphatic carbocycles. The summed E-state index contributed by atoms with van der Waals surface area (Å²) in [4.78, 5) is 35.6. The molecule has 0 saturated carbocycles. The molecule has 4 heterocycles. The smallest absolute Gasteiger partial charge is 0.269 e. The van der Waals surface area contributed by atoms with Crippen LogP contribution in [0.5, 0.6) is 5.75 Å². The summed E-state index contributed by atoms with van der Waals surface area (Å²) in [5.74, 6) is -0.923. The fourth-order valence-electron chi connectivity index (χ4n) is 3.63. The van der Waals surface area contributed by atoms with Crippen LogP contribution in [0.1, 0.15) is 6.92 Å². The number of halogens is 1. The van der Waals surface area contributed by atoms with E-state index in [9.17, 15) is 14.0 Å². The van der Waals surface area contributed by atoms with Crippen molar-refractivity contribution in [2.45, 2.75) is 13.0 Å². The highest BCUT2D eigenvalue weighted by Crippen LogP contribution is 2.31. The van der Waals surface area contributed by atoms with Crippen molar-refractivity contribution < 1.29 is 18.7 Å². The van der Waals surface area contributed by atoms with Gasteiger partial charge in [-0.05, 0) is 49.4 Å². The van der Waals surface area contributed by atoms with Gasteiger partial charge in [-0.2, -0.15) is 5.10 Å². The van der Waals surface area contributed by atoms with Gasteiger partial charge in [-0.3, -0.25) is 19.5 Å². The molecule has 9 nitrogen and oxygen atoms in total. The molecule has 2 amide bonds. The molecule has 1 aliphatic heterocycles. The second-order valence-electron chi connectivity index (χ2n) is 7.58. The number of aromatic nitrogens is 4. The SMILES string of the molecule is CC(Oc1ccc(-n2cccn2)c(F)c1)C(=O)N1CC(=O)Nc2ccc(-c3ccccn3)nc21. The zero-order valence-electron chi connectivity index (χ0n) is 18.1. The summed E-state index contributed by atoms with van der Waals surface area (Å²) >= 11 is 0. The molecule has 3 aromatic heterocycles. The first-order chi connectivity index (χ1) is 16.5. The van der Waals surface area contributed by atoms with E-state index in [1.54, 1.807) is 55.0 Å². The second kappa shape index (κ2) is 8.74. The lowest BCUT2D eigenvalue weighted by atomic mass is 10.2. The second-order valence-corrected chi connectivity index (χ2v) is 7.58. The van der Waals surface area contributed by atoms with E-state index in [0.717, 1.165) is 0 Å². The largest absolute Gasteiger partial charge is 0.481 e. The van der Waals surface area contributed by atoms with Crippen LogP contribution in [0, 0.1) is 5.82 Å². The lowest BCUT2D eigenvalue weighted by Gasteiger charge is -2.30. The van der Waals surface area contributed by atoms with E-state index in [1.165, 1.54) is 28.6 Å². The highest BCUT2D eigenvalue weighted by atomic mass is 19.1. The highest BCUT2D eigenvalue weighted by Gasteiger charge is 2.32. The maximum Gasteiger partial charge on any atom is 0.269 e. The number of hydrogen-bond acceptors (Lipinski definition) is 6. The highest BCUT2D eigenvalue weighted by molar-refractivity contribution is 6.10. The Hall–Kier alpha value is -4.60. The Balaban J connectivity index is 1.39. The predicted molar refractivity (Wildman–Crippen MR) is 122 cm³/mol. The van der Waals surface area contributed by atoms with Crippen molar-refractivity contribution in [3.05, 3.63) is 79.0 Å². The molecule has 4 aromatic rings. The summed E-state index contributed by atoms with van der Waals surface area (Å²) in [7, 11) is 0. The minimum atomic E-state index is -1.01. The first-order valence-corrected chi connectivity index (χ1v) is 10.5. The lowest BCUT2D eigenvalue weighted by Crippen LogP contribution is -2.47. The number of carbonyl (C=O) groups is 2. The van der Waals surface area contributed by atoms with Gasteiger partial charge in [0.25, 0.3) is 5.91 Å². The number of ether oxygens (including phenoxy) is 1. The summed E-state index contributed by atoms with van der Waals surface area (Å²) < 4.78 is 21.7. The monoisotopic (exact) mass is 458 g/mol. The van der Waals surface area contributed by atoms with Crippen LogP contribution in [-0.4, -0.2) is 44.2 Å². The van der Waals surface area contributed by atoms with Crippen molar-refractivity contribution in [2.75, 3.05) is 16.8 Å². The first-order valence-electron chi connectivity index (χ1n) is 10.5. The summed E-state index contributed by atoms with van der Waals surface area (Å²) in [6.07, 6.45) is 3.81. The van der Waals surface area contributed by atoms with Crippen molar-refractivity contribution in [1.82, 2.24) is 19.7 Å².